The lowest BCUT2D eigenvalue weighted by molar-refractivity contribution is -0.140. The van der Waals surface area contributed by atoms with Gasteiger partial charge in [0.1, 0.15) is 5.25 Å². The molecule has 0 radical (unpaired) electrons. The van der Waals surface area contributed by atoms with Crippen LogP contribution in [0.5, 0.6) is 0 Å². The third-order valence-electron chi connectivity index (χ3n) is 3.63. The number of carbonyl (C=O) groups excluding carboxylic acids is 2. The van der Waals surface area contributed by atoms with E-state index in [0.29, 0.717) is 11.1 Å². The summed E-state index contributed by atoms with van der Waals surface area (Å²) in [6.07, 6.45) is 0.961. The van der Waals surface area contributed by atoms with Crippen molar-refractivity contribution in [3.8, 4) is 0 Å². The van der Waals surface area contributed by atoms with Gasteiger partial charge in [0, 0.05) is 18.5 Å². The standard InChI is InChI=1S/C13H21N5O2S/c1-5-8(4)18-10(19)6-9(11(18)20)21-13-16-15-12(14)17(13)7(2)3/h7-9H,5-6H2,1-4H3,(H2,14,15). The maximum absolute atomic E-state index is 12.4. The minimum absolute atomic E-state index is 0.0661. The highest BCUT2D eigenvalue weighted by molar-refractivity contribution is 8.00. The second-order valence-corrected chi connectivity index (χ2v) is 6.64. The van der Waals surface area contributed by atoms with Gasteiger partial charge in [0.25, 0.3) is 0 Å². The number of likely N-dealkylation sites (tertiary alicyclic amines) is 1. The third kappa shape index (κ3) is 2.90. The number of anilines is 1. The fourth-order valence-electron chi connectivity index (χ4n) is 2.34. The van der Waals surface area contributed by atoms with Gasteiger partial charge in [0.15, 0.2) is 5.16 Å². The van der Waals surface area contributed by atoms with Gasteiger partial charge < -0.3 is 5.73 Å². The Hall–Kier alpha value is -1.57. The summed E-state index contributed by atoms with van der Waals surface area (Å²) in [6.45, 7) is 7.78. The van der Waals surface area contributed by atoms with E-state index in [1.54, 1.807) is 4.57 Å². The molecule has 2 rings (SSSR count). The molecule has 0 spiro atoms. The van der Waals surface area contributed by atoms with E-state index in [1.165, 1.54) is 16.7 Å². The van der Waals surface area contributed by atoms with Gasteiger partial charge in [-0.3, -0.25) is 19.1 Å². The van der Waals surface area contributed by atoms with Gasteiger partial charge in [0.05, 0.1) is 0 Å². The molecule has 21 heavy (non-hydrogen) atoms. The maximum atomic E-state index is 12.4. The van der Waals surface area contributed by atoms with Gasteiger partial charge in [-0.2, -0.15) is 0 Å². The van der Waals surface area contributed by atoms with E-state index in [0.717, 1.165) is 6.42 Å². The highest BCUT2D eigenvalue weighted by Crippen LogP contribution is 2.33. The molecule has 2 atom stereocenters. The first-order valence-electron chi connectivity index (χ1n) is 7.09. The number of thioether (sulfide) groups is 1. The van der Waals surface area contributed by atoms with Gasteiger partial charge in [-0.1, -0.05) is 18.7 Å². The Balaban J connectivity index is 2.18. The number of hydrogen-bond donors (Lipinski definition) is 1. The number of nitrogens with two attached hydrogens (primary N) is 1. The predicted molar refractivity (Wildman–Crippen MR) is 80.7 cm³/mol. The zero-order valence-electron chi connectivity index (χ0n) is 12.7. The van der Waals surface area contributed by atoms with Crippen molar-refractivity contribution in [2.45, 2.75) is 63.0 Å². The van der Waals surface area contributed by atoms with E-state index < -0.39 is 5.25 Å². The molecular formula is C13H21N5O2S. The molecule has 2 amide bonds. The van der Waals surface area contributed by atoms with Gasteiger partial charge in [-0.25, -0.2) is 0 Å². The highest BCUT2D eigenvalue weighted by atomic mass is 32.2. The van der Waals surface area contributed by atoms with Crippen LogP contribution in [0.3, 0.4) is 0 Å². The molecule has 1 aromatic heterocycles. The number of carbonyl (C=O) groups is 2. The largest absolute Gasteiger partial charge is 0.368 e. The molecule has 8 heteroatoms. The molecule has 1 saturated heterocycles. The molecule has 1 fully saturated rings. The number of hydrogen-bond acceptors (Lipinski definition) is 6. The zero-order valence-corrected chi connectivity index (χ0v) is 13.6. The molecule has 2 heterocycles. The summed E-state index contributed by atoms with van der Waals surface area (Å²) in [4.78, 5) is 25.8. The predicted octanol–water partition coefficient (Wildman–Crippen LogP) is 1.46. The first-order chi connectivity index (χ1) is 9.86. The van der Waals surface area contributed by atoms with Crippen molar-refractivity contribution in [1.29, 1.82) is 0 Å². The van der Waals surface area contributed by atoms with Crippen molar-refractivity contribution in [1.82, 2.24) is 19.7 Å². The molecule has 1 aliphatic heterocycles. The average Bonchev–Trinajstić information content (AvgIpc) is 2.90. The molecule has 0 aromatic carbocycles. The summed E-state index contributed by atoms with van der Waals surface area (Å²) in [6, 6.07) is 0.0315. The fourth-order valence-corrected chi connectivity index (χ4v) is 3.54. The lowest BCUT2D eigenvalue weighted by atomic mass is 10.2. The Kier molecular flexibility index (Phi) is 4.55. The van der Waals surface area contributed by atoms with Gasteiger partial charge in [-0.15, -0.1) is 10.2 Å². The Morgan fingerprint density at radius 1 is 1.33 bits per heavy atom. The summed E-state index contributed by atoms with van der Waals surface area (Å²) >= 11 is 1.27. The van der Waals surface area contributed by atoms with Gasteiger partial charge in [0.2, 0.25) is 17.8 Å². The van der Waals surface area contributed by atoms with Crippen LogP contribution in [0.15, 0.2) is 5.16 Å². The number of rotatable bonds is 5. The van der Waals surface area contributed by atoms with Crippen molar-refractivity contribution in [3.63, 3.8) is 0 Å². The SMILES string of the molecule is CCC(C)N1C(=O)CC(Sc2nnc(N)n2C(C)C)C1=O. The lowest BCUT2D eigenvalue weighted by Crippen LogP contribution is -2.38. The number of amides is 2. The summed E-state index contributed by atoms with van der Waals surface area (Å²) in [5.74, 6) is 0.0646. The topological polar surface area (TPSA) is 94.1 Å². The molecule has 7 nitrogen and oxygen atoms in total. The summed E-state index contributed by atoms with van der Waals surface area (Å²) in [5, 5.41) is 8.02. The van der Waals surface area contributed by atoms with Crippen LogP contribution in [-0.2, 0) is 9.59 Å². The van der Waals surface area contributed by atoms with Crippen LogP contribution in [0.4, 0.5) is 5.95 Å². The van der Waals surface area contributed by atoms with E-state index in [2.05, 4.69) is 10.2 Å². The Morgan fingerprint density at radius 2 is 2.00 bits per heavy atom. The minimum atomic E-state index is -0.437. The summed E-state index contributed by atoms with van der Waals surface area (Å²) < 4.78 is 1.77. The molecule has 1 aliphatic rings. The van der Waals surface area contributed by atoms with Crippen LogP contribution in [0.1, 0.15) is 46.6 Å². The smallest absolute Gasteiger partial charge is 0.243 e. The number of aromatic nitrogens is 3. The molecule has 1 aromatic rings. The molecule has 0 saturated carbocycles. The van der Waals surface area contributed by atoms with E-state index >= 15 is 0 Å². The molecule has 0 bridgehead atoms. The number of imide groups is 1. The molecule has 116 valence electrons. The molecular weight excluding hydrogens is 290 g/mol. The second-order valence-electron chi connectivity index (χ2n) is 5.47. The van der Waals surface area contributed by atoms with Gasteiger partial charge in [-0.05, 0) is 27.2 Å². The van der Waals surface area contributed by atoms with Crippen molar-refractivity contribution < 1.29 is 9.59 Å². The van der Waals surface area contributed by atoms with Crippen molar-refractivity contribution in [2.24, 2.45) is 0 Å². The third-order valence-corrected chi connectivity index (χ3v) is 4.77. The second kappa shape index (κ2) is 6.05. The highest BCUT2D eigenvalue weighted by Gasteiger charge is 2.42. The Bertz CT molecular complexity index is 557. The number of nitrogens with zero attached hydrogens (tertiary/aromatic N) is 4. The zero-order chi connectivity index (χ0) is 15.7. The Labute approximate surface area is 128 Å². The van der Waals surface area contributed by atoms with E-state index in [4.69, 9.17) is 5.73 Å². The van der Waals surface area contributed by atoms with E-state index in [9.17, 15) is 9.59 Å². The van der Waals surface area contributed by atoms with Crippen LogP contribution < -0.4 is 5.73 Å². The fraction of sp³-hybridized carbons (Fsp3) is 0.692. The normalized spacial score (nSPS) is 20.6. The van der Waals surface area contributed by atoms with Crippen LogP contribution in [0.25, 0.3) is 0 Å². The minimum Gasteiger partial charge on any atom is -0.368 e. The van der Waals surface area contributed by atoms with Crippen LogP contribution in [0.2, 0.25) is 0 Å². The monoisotopic (exact) mass is 311 g/mol. The first kappa shape index (κ1) is 15.8. The van der Waals surface area contributed by atoms with Crippen molar-refractivity contribution >= 4 is 29.5 Å². The first-order valence-corrected chi connectivity index (χ1v) is 7.97. The van der Waals surface area contributed by atoms with Gasteiger partial charge >= 0.3 is 0 Å². The molecule has 2 unspecified atom stereocenters. The van der Waals surface area contributed by atoms with Crippen LogP contribution in [0, 0.1) is 0 Å². The number of nitrogen functional groups attached to an aromatic ring is 1. The van der Waals surface area contributed by atoms with E-state index in [1.807, 2.05) is 27.7 Å². The van der Waals surface area contributed by atoms with Crippen molar-refractivity contribution in [3.05, 3.63) is 0 Å². The molecule has 2 N–H and O–H groups in total. The Morgan fingerprint density at radius 3 is 2.57 bits per heavy atom. The van der Waals surface area contributed by atoms with Crippen LogP contribution >= 0.6 is 11.8 Å². The average molecular weight is 311 g/mol. The maximum Gasteiger partial charge on any atom is 0.243 e. The summed E-state index contributed by atoms with van der Waals surface area (Å²) in [5.41, 5.74) is 5.79. The lowest BCUT2D eigenvalue weighted by Gasteiger charge is -2.21. The quantitative estimate of drug-likeness (QED) is 0.827. The molecule has 0 aliphatic carbocycles. The van der Waals surface area contributed by atoms with E-state index in [-0.39, 0.29) is 30.3 Å². The summed E-state index contributed by atoms with van der Waals surface area (Å²) in [7, 11) is 0. The van der Waals surface area contributed by atoms with Crippen molar-refractivity contribution in [2.75, 3.05) is 5.73 Å². The van der Waals surface area contributed by atoms with Crippen LogP contribution in [-0.4, -0.2) is 42.8 Å².